The molecule has 2 aromatic carbocycles. The summed E-state index contributed by atoms with van der Waals surface area (Å²) < 4.78 is 28.5. The van der Waals surface area contributed by atoms with E-state index in [2.05, 4.69) is 15.9 Å². The number of halogens is 1. The first-order valence-corrected chi connectivity index (χ1v) is 9.28. The minimum atomic E-state index is -3.55. The van der Waals surface area contributed by atoms with Crippen molar-refractivity contribution in [3.63, 3.8) is 0 Å². The monoisotopic (exact) mass is 381 g/mol. The Morgan fingerprint density at radius 2 is 1.62 bits per heavy atom. The van der Waals surface area contributed by atoms with Crippen molar-refractivity contribution in [1.82, 2.24) is 0 Å². The standard InChI is InChI=1S/C15H12BrNO2S2/c1-17(21(18,19)11-7-3-2-4-8-11)15-14(16)12-9-5-6-10-13(12)20-15/h2-10H,1H3. The Labute approximate surface area is 136 Å². The fourth-order valence-electron chi connectivity index (χ4n) is 2.06. The van der Waals surface area contributed by atoms with Gasteiger partial charge in [0, 0.05) is 17.1 Å². The highest BCUT2D eigenvalue weighted by molar-refractivity contribution is 9.10. The second-order valence-electron chi connectivity index (χ2n) is 4.50. The molecule has 0 unspecified atom stereocenters. The Balaban J connectivity index is 2.13. The lowest BCUT2D eigenvalue weighted by Crippen LogP contribution is -2.25. The first-order valence-electron chi connectivity index (χ1n) is 6.23. The zero-order valence-corrected chi connectivity index (χ0v) is 14.4. The summed E-state index contributed by atoms with van der Waals surface area (Å²) in [5.74, 6) is 0. The predicted molar refractivity (Wildman–Crippen MR) is 91.6 cm³/mol. The number of hydrogen-bond donors (Lipinski definition) is 0. The van der Waals surface area contributed by atoms with Gasteiger partial charge in [0.15, 0.2) is 0 Å². The summed E-state index contributed by atoms with van der Waals surface area (Å²) in [4.78, 5) is 0.289. The molecule has 0 atom stereocenters. The van der Waals surface area contributed by atoms with Crippen LogP contribution in [-0.4, -0.2) is 15.5 Å². The zero-order valence-electron chi connectivity index (χ0n) is 11.2. The lowest BCUT2D eigenvalue weighted by atomic mass is 10.3. The molecule has 1 aromatic heterocycles. The molecule has 3 rings (SSSR count). The third-order valence-corrected chi connectivity index (χ3v) is 7.41. The van der Waals surface area contributed by atoms with Gasteiger partial charge in [0.1, 0.15) is 5.00 Å². The SMILES string of the molecule is CN(c1sc2ccccc2c1Br)S(=O)(=O)c1ccccc1. The smallest absolute Gasteiger partial charge is 0.259 e. The van der Waals surface area contributed by atoms with E-state index in [-0.39, 0.29) is 4.90 Å². The number of nitrogens with zero attached hydrogens (tertiary/aromatic N) is 1. The van der Waals surface area contributed by atoms with Crippen molar-refractivity contribution in [3.05, 3.63) is 59.1 Å². The zero-order chi connectivity index (χ0) is 15.0. The van der Waals surface area contributed by atoms with E-state index in [1.54, 1.807) is 37.4 Å². The Bertz CT molecular complexity index is 888. The van der Waals surface area contributed by atoms with Crippen LogP contribution < -0.4 is 4.31 Å². The van der Waals surface area contributed by atoms with Crippen molar-refractivity contribution < 1.29 is 8.42 Å². The van der Waals surface area contributed by atoms with Crippen molar-refractivity contribution in [2.45, 2.75) is 4.90 Å². The highest BCUT2D eigenvalue weighted by Crippen LogP contribution is 2.42. The van der Waals surface area contributed by atoms with Crippen molar-refractivity contribution in [2.75, 3.05) is 11.4 Å². The Hall–Kier alpha value is -1.37. The molecule has 6 heteroatoms. The lowest BCUT2D eigenvalue weighted by Gasteiger charge is -2.18. The molecular formula is C15H12BrNO2S2. The third-order valence-electron chi connectivity index (χ3n) is 3.21. The van der Waals surface area contributed by atoms with Crippen LogP contribution in [0.5, 0.6) is 0 Å². The summed E-state index contributed by atoms with van der Waals surface area (Å²) in [6.07, 6.45) is 0. The molecule has 0 spiro atoms. The van der Waals surface area contributed by atoms with Gasteiger partial charge in [-0.25, -0.2) is 8.42 Å². The molecule has 0 aliphatic rings. The van der Waals surface area contributed by atoms with E-state index in [9.17, 15) is 8.42 Å². The average molecular weight is 382 g/mol. The molecule has 3 nitrogen and oxygen atoms in total. The molecular weight excluding hydrogens is 370 g/mol. The minimum Gasteiger partial charge on any atom is -0.259 e. The lowest BCUT2D eigenvalue weighted by molar-refractivity contribution is 0.594. The van der Waals surface area contributed by atoms with Crippen molar-refractivity contribution in [1.29, 1.82) is 0 Å². The molecule has 0 bridgehead atoms. The van der Waals surface area contributed by atoms with E-state index in [1.165, 1.54) is 15.6 Å². The number of hydrogen-bond acceptors (Lipinski definition) is 3. The molecule has 0 aliphatic heterocycles. The van der Waals surface area contributed by atoms with Crippen LogP contribution in [0.2, 0.25) is 0 Å². The first-order chi connectivity index (χ1) is 10.0. The van der Waals surface area contributed by atoms with Crippen molar-refractivity contribution in [3.8, 4) is 0 Å². The van der Waals surface area contributed by atoms with Crippen LogP contribution in [0.3, 0.4) is 0 Å². The molecule has 21 heavy (non-hydrogen) atoms. The van der Waals surface area contributed by atoms with E-state index in [4.69, 9.17) is 0 Å². The van der Waals surface area contributed by atoms with Crippen LogP contribution in [0.1, 0.15) is 0 Å². The highest BCUT2D eigenvalue weighted by Gasteiger charge is 2.25. The Morgan fingerprint density at radius 3 is 2.29 bits per heavy atom. The van der Waals surface area contributed by atoms with E-state index < -0.39 is 10.0 Å². The fraction of sp³-hybridized carbons (Fsp3) is 0.0667. The number of anilines is 1. The van der Waals surface area contributed by atoms with Gasteiger partial charge in [0.2, 0.25) is 0 Å². The maximum atomic E-state index is 12.7. The summed E-state index contributed by atoms with van der Waals surface area (Å²) >= 11 is 4.98. The normalized spacial score (nSPS) is 11.7. The Morgan fingerprint density at radius 1 is 1.00 bits per heavy atom. The topological polar surface area (TPSA) is 37.4 Å². The van der Waals surface area contributed by atoms with Crippen LogP contribution in [0.25, 0.3) is 10.1 Å². The third kappa shape index (κ3) is 2.47. The quantitative estimate of drug-likeness (QED) is 0.670. The molecule has 0 saturated heterocycles. The van der Waals surface area contributed by atoms with Crippen LogP contribution in [0.15, 0.2) is 64.0 Å². The molecule has 0 saturated carbocycles. The van der Waals surface area contributed by atoms with Crippen LogP contribution in [-0.2, 0) is 10.0 Å². The predicted octanol–water partition coefficient (Wildman–Crippen LogP) is 4.49. The first kappa shape index (κ1) is 14.6. The summed E-state index contributed by atoms with van der Waals surface area (Å²) in [5, 5.41) is 1.70. The summed E-state index contributed by atoms with van der Waals surface area (Å²) in [7, 11) is -1.97. The van der Waals surface area contributed by atoms with Gasteiger partial charge in [-0.3, -0.25) is 4.31 Å². The number of thiophene rings is 1. The highest BCUT2D eigenvalue weighted by atomic mass is 79.9. The molecule has 0 N–H and O–H groups in total. The van der Waals surface area contributed by atoms with Crippen LogP contribution in [0.4, 0.5) is 5.00 Å². The molecule has 0 radical (unpaired) electrons. The van der Waals surface area contributed by atoms with Gasteiger partial charge in [-0.05, 0) is 34.1 Å². The molecule has 3 aromatic rings. The van der Waals surface area contributed by atoms with Gasteiger partial charge in [-0.2, -0.15) is 0 Å². The maximum absolute atomic E-state index is 12.7. The van der Waals surface area contributed by atoms with Crippen LogP contribution in [0, 0.1) is 0 Å². The largest absolute Gasteiger partial charge is 0.264 e. The van der Waals surface area contributed by atoms with Gasteiger partial charge < -0.3 is 0 Å². The van der Waals surface area contributed by atoms with Crippen molar-refractivity contribution in [2.24, 2.45) is 0 Å². The molecule has 0 aliphatic carbocycles. The van der Waals surface area contributed by atoms with Gasteiger partial charge in [0.05, 0.1) is 9.37 Å². The number of rotatable bonds is 3. The van der Waals surface area contributed by atoms with Crippen molar-refractivity contribution >= 4 is 52.4 Å². The maximum Gasteiger partial charge on any atom is 0.264 e. The van der Waals surface area contributed by atoms with Gasteiger partial charge in [-0.15, -0.1) is 11.3 Å². The van der Waals surface area contributed by atoms with Gasteiger partial charge in [0.25, 0.3) is 10.0 Å². The van der Waals surface area contributed by atoms with Crippen LogP contribution >= 0.6 is 27.3 Å². The second-order valence-corrected chi connectivity index (χ2v) is 8.30. The average Bonchev–Trinajstić information content (AvgIpc) is 2.85. The number of fused-ring (bicyclic) bond motifs is 1. The van der Waals surface area contributed by atoms with E-state index in [0.29, 0.717) is 5.00 Å². The fourth-order valence-corrected chi connectivity index (χ4v) is 5.66. The van der Waals surface area contributed by atoms with E-state index in [1.807, 2.05) is 24.3 Å². The minimum absolute atomic E-state index is 0.289. The Kier molecular flexibility index (Phi) is 3.77. The molecule has 0 fully saturated rings. The number of benzene rings is 2. The van der Waals surface area contributed by atoms with Gasteiger partial charge in [-0.1, -0.05) is 36.4 Å². The second kappa shape index (κ2) is 5.44. The molecule has 1 heterocycles. The summed E-state index contributed by atoms with van der Waals surface area (Å²) in [6, 6.07) is 16.3. The van der Waals surface area contributed by atoms with E-state index >= 15 is 0 Å². The molecule has 108 valence electrons. The van der Waals surface area contributed by atoms with E-state index in [0.717, 1.165) is 14.6 Å². The number of sulfonamides is 1. The summed E-state index contributed by atoms with van der Waals surface area (Å²) in [6.45, 7) is 0. The molecule has 0 amide bonds. The van der Waals surface area contributed by atoms with Gasteiger partial charge >= 0.3 is 0 Å². The summed E-state index contributed by atoms with van der Waals surface area (Å²) in [5.41, 5.74) is 0.